The topological polar surface area (TPSA) is 26.0 Å². The first-order valence-corrected chi connectivity index (χ1v) is 4.99. The zero-order valence-corrected chi connectivity index (χ0v) is 8.80. The van der Waals surface area contributed by atoms with Crippen LogP contribution in [0.1, 0.15) is 37.8 Å². The fourth-order valence-electron chi connectivity index (χ4n) is 1.76. The van der Waals surface area contributed by atoms with Crippen LogP contribution in [-0.2, 0) is 5.54 Å². The number of nitrogens with two attached hydrogens (primary N) is 1. The predicted molar refractivity (Wildman–Crippen MR) is 64.8 cm³/mol. The number of hydrogen-bond acceptors (Lipinski definition) is 1. The van der Waals surface area contributed by atoms with Gasteiger partial charge >= 0.3 is 18.9 Å². The van der Waals surface area contributed by atoms with Crippen molar-refractivity contribution in [2.75, 3.05) is 0 Å². The fraction of sp³-hybridized carbons (Fsp3) is 0.500. The van der Waals surface area contributed by atoms with Crippen LogP contribution in [0.15, 0.2) is 24.3 Å². The zero-order chi connectivity index (χ0) is 9.90. The molecule has 0 aliphatic heterocycles. The Morgan fingerprint density at radius 2 is 1.64 bits per heavy atom. The van der Waals surface area contributed by atoms with Gasteiger partial charge in [-0.05, 0) is 30.9 Å². The summed E-state index contributed by atoms with van der Waals surface area (Å²) >= 11 is 0. The second-order valence-corrected chi connectivity index (χ2v) is 3.68. The van der Waals surface area contributed by atoms with Gasteiger partial charge in [0.25, 0.3) is 0 Å². The molecule has 0 aliphatic rings. The van der Waals surface area contributed by atoms with Crippen molar-refractivity contribution < 1.29 is 0 Å². The van der Waals surface area contributed by atoms with Crippen molar-refractivity contribution in [1.82, 2.24) is 0 Å². The Hall–Kier alpha value is -0.223. The number of rotatable bonds is 3. The molecule has 0 heterocycles. The Kier molecular flexibility index (Phi) is 5.52. The number of benzene rings is 1. The Balaban J connectivity index is 0.00000169. The molecule has 1 nitrogen and oxygen atoms in total. The first-order valence-electron chi connectivity index (χ1n) is 4.99. The van der Waals surface area contributed by atoms with Gasteiger partial charge < -0.3 is 5.73 Å². The van der Waals surface area contributed by atoms with Crippen LogP contribution in [0.5, 0.6) is 0 Å². The summed E-state index contributed by atoms with van der Waals surface area (Å²) in [5.41, 5.74) is 8.78. The molecule has 0 spiro atoms. The van der Waals surface area contributed by atoms with Crippen LogP contribution in [-0.4, -0.2) is 18.9 Å². The first-order chi connectivity index (χ1) is 6.14. The van der Waals surface area contributed by atoms with Gasteiger partial charge in [-0.2, -0.15) is 0 Å². The molecule has 0 radical (unpaired) electrons. The van der Waals surface area contributed by atoms with E-state index in [1.807, 2.05) is 0 Å². The van der Waals surface area contributed by atoms with Gasteiger partial charge in [-0.1, -0.05) is 38.1 Å². The summed E-state index contributed by atoms with van der Waals surface area (Å²) in [6, 6.07) is 8.39. The Morgan fingerprint density at radius 3 is 2.07 bits per heavy atom. The van der Waals surface area contributed by atoms with Gasteiger partial charge in [-0.3, -0.25) is 0 Å². The van der Waals surface area contributed by atoms with Gasteiger partial charge in [0.05, 0.1) is 0 Å². The van der Waals surface area contributed by atoms with E-state index in [9.17, 15) is 0 Å². The molecule has 2 heteroatoms. The molecule has 0 fully saturated rings. The van der Waals surface area contributed by atoms with Gasteiger partial charge in [0.2, 0.25) is 0 Å². The third kappa shape index (κ3) is 2.64. The zero-order valence-electron chi connectivity index (χ0n) is 8.80. The van der Waals surface area contributed by atoms with Crippen LogP contribution < -0.4 is 5.73 Å². The van der Waals surface area contributed by atoms with Gasteiger partial charge in [-0.25, -0.2) is 0 Å². The van der Waals surface area contributed by atoms with E-state index >= 15 is 0 Å². The quantitative estimate of drug-likeness (QED) is 0.718. The summed E-state index contributed by atoms with van der Waals surface area (Å²) in [5, 5.41) is 0. The normalized spacial score (nSPS) is 10.9. The average Bonchev–Trinajstić information content (AvgIpc) is 2.17. The van der Waals surface area contributed by atoms with Crippen molar-refractivity contribution in [2.24, 2.45) is 5.73 Å². The van der Waals surface area contributed by atoms with Crippen molar-refractivity contribution >= 4 is 18.9 Å². The maximum atomic E-state index is 6.32. The molecule has 0 bridgehead atoms. The SMILES string of the molecule is CCC(N)(CC)c1ccccc1C.[LiH]. The van der Waals surface area contributed by atoms with Crippen LogP contribution in [0.2, 0.25) is 0 Å². The van der Waals surface area contributed by atoms with Gasteiger partial charge in [0.15, 0.2) is 0 Å². The van der Waals surface area contributed by atoms with Crippen molar-refractivity contribution in [3.05, 3.63) is 35.4 Å². The molecule has 0 atom stereocenters. The third-order valence-electron chi connectivity index (χ3n) is 2.94. The van der Waals surface area contributed by atoms with Crippen LogP contribution in [0, 0.1) is 6.92 Å². The second-order valence-electron chi connectivity index (χ2n) is 3.68. The van der Waals surface area contributed by atoms with Crippen LogP contribution in [0.25, 0.3) is 0 Å². The molecule has 2 N–H and O–H groups in total. The summed E-state index contributed by atoms with van der Waals surface area (Å²) in [6.07, 6.45) is 1.99. The molecule has 0 amide bonds. The van der Waals surface area contributed by atoms with Gasteiger partial charge in [0, 0.05) is 5.54 Å². The average molecular weight is 185 g/mol. The van der Waals surface area contributed by atoms with Gasteiger partial charge in [0.1, 0.15) is 0 Å². The van der Waals surface area contributed by atoms with Crippen molar-refractivity contribution in [2.45, 2.75) is 39.2 Å². The molecule has 0 aliphatic carbocycles. The summed E-state index contributed by atoms with van der Waals surface area (Å²) in [6.45, 7) is 6.42. The Bertz CT molecular complexity index is 279. The molecule has 0 unspecified atom stereocenters. The minimum absolute atomic E-state index is 0. The summed E-state index contributed by atoms with van der Waals surface area (Å²) in [5.74, 6) is 0. The third-order valence-corrected chi connectivity index (χ3v) is 2.94. The van der Waals surface area contributed by atoms with Crippen molar-refractivity contribution in [1.29, 1.82) is 0 Å². The van der Waals surface area contributed by atoms with Crippen LogP contribution in [0.4, 0.5) is 0 Å². The second kappa shape index (κ2) is 5.61. The molecule has 0 aromatic heterocycles. The van der Waals surface area contributed by atoms with E-state index in [4.69, 9.17) is 5.73 Å². The predicted octanol–water partition coefficient (Wildman–Crippen LogP) is 2.32. The Labute approximate surface area is 99.3 Å². The Morgan fingerprint density at radius 1 is 1.14 bits per heavy atom. The van der Waals surface area contributed by atoms with E-state index in [2.05, 4.69) is 45.0 Å². The van der Waals surface area contributed by atoms with Crippen molar-refractivity contribution in [3.8, 4) is 0 Å². The molecular formula is C12H20LiN. The van der Waals surface area contributed by atoms with E-state index < -0.39 is 0 Å². The monoisotopic (exact) mass is 185 g/mol. The molecule has 1 aromatic carbocycles. The van der Waals surface area contributed by atoms with Crippen molar-refractivity contribution in [3.63, 3.8) is 0 Å². The maximum absolute atomic E-state index is 6.32. The first kappa shape index (κ1) is 13.8. The fourth-order valence-corrected chi connectivity index (χ4v) is 1.76. The minimum atomic E-state index is -0.134. The van der Waals surface area contributed by atoms with Gasteiger partial charge in [-0.15, -0.1) is 0 Å². The van der Waals surface area contributed by atoms with Crippen LogP contribution >= 0.6 is 0 Å². The summed E-state index contributed by atoms with van der Waals surface area (Å²) < 4.78 is 0. The molecular weight excluding hydrogens is 165 g/mol. The molecule has 0 saturated heterocycles. The number of aryl methyl sites for hydroxylation is 1. The van der Waals surface area contributed by atoms with E-state index in [1.165, 1.54) is 11.1 Å². The molecule has 1 rings (SSSR count). The van der Waals surface area contributed by atoms with E-state index in [0.717, 1.165) is 12.8 Å². The molecule has 14 heavy (non-hydrogen) atoms. The van der Waals surface area contributed by atoms with E-state index in [1.54, 1.807) is 0 Å². The van der Waals surface area contributed by atoms with E-state index in [0.29, 0.717) is 0 Å². The molecule has 1 aromatic rings. The number of hydrogen-bond donors (Lipinski definition) is 1. The summed E-state index contributed by atoms with van der Waals surface area (Å²) in [4.78, 5) is 0. The van der Waals surface area contributed by atoms with Crippen LogP contribution in [0.3, 0.4) is 0 Å². The standard InChI is InChI=1S/C12H19N.Li.H/c1-4-12(13,5-2)11-9-7-6-8-10(11)3;;/h6-9H,4-5,13H2,1-3H3;;. The molecule has 74 valence electrons. The molecule has 0 saturated carbocycles. The summed E-state index contributed by atoms with van der Waals surface area (Å²) in [7, 11) is 0. The van der Waals surface area contributed by atoms with E-state index in [-0.39, 0.29) is 24.4 Å².